The molecular formula is C25H35N5O2S. The van der Waals surface area contributed by atoms with Crippen LogP contribution >= 0.6 is 11.3 Å². The van der Waals surface area contributed by atoms with Gasteiger partial charge in [0.2, 0.25) is 5.91 Å². The van der Waals surface area contributed by atoms with Crippen LogP contribution in [0.15, 0.2) is 29.1 Å². The maximum absolute atomic E-state index is 13.4. The molecule has 178 valence electrons. The van der Waals surface area contributed by atoms with Crippen LogP contribution in [0.25, 0.3) is 20.2 Å². The maximum Gasteiger partial charge on any atom is 0.276 e. The van der Waals surface area contributed by atoms with Gasteiger partial charge in [0, 0.05) is 42.8 Å². The molecule has 2 aromatic heterocycles. The summed E-state index contributed by atoms with van der Waals surface area (Å²) in [6.45, 7) is 13.3. The number of thiophene rings is 1. The molecule has 0 unspecified atom stereocenters. The molecule has 1 saturated heterocycles. The van der Waals surface area contributed by atoms with Crippen LogP contribution in [0, 0.1) is 6.92 Å². The van der Waals surface area contributed by atoms with Crippen molar-refractivity contribution in [3.05, 3.63) is 40.3 Å². The number of carbonyl (C=O) groups excluding carboxylic acids is 1. The normalized spacial score (nSPS) is 16.5. The Hall–Kier alpha value is -2.29. The van der Waals surface area contributed by atoms with E-state index >= 15 is 0 Å². The maximum atomic E-state index is 13.4. The molecule has 7 nitrogen and oxygen atoms in total. The van der Waals surface area contributed by atoms with Gasteiger partial charge in [0.15, 0.2) is 0 Å². The van der Waals surface area contributed by atoms with Gasteiger partial charge in [0.05, 0.1) is 15.8 Å². The standard InChI is InChI=1S/C25H35N5O2S/c1-4-12-28-14-16-29(17-15-28)13-8-11-26-24(31)20(5-2)30-25(32)22-19-9-6-7-10-21(19)33-23(22)18(3)27-30/h6-7,9-10,20H,4-5,8,11-17H2,1-3H3,(H,26,31)/t20-/m0/s1. The highest BCUT2D eigenvalue weighted by Gasteiger charge is 2.24. The van der Waals surface area contributed by atoms with Crippen LogP contribution in [0.1, 0.15) is 44.8 Å². The van der Waals surface area contributed by atoms with Gasteiger partial charge in [0.25, 0.3) is 5.56 Å². The van der Waals surface area contributed by atoms with E-state index in [2.05, 4.69) is 27.1 Å². The van der Waals surface area contributed by atoms with Crippen molar-refractivity contribution < 1.29 is 4.79 Å². The largest absolute Gasteiger partial charge is 0.354 e. The fourth-order valence-corrected chi connectivity index (χ4v) is 5.88. The summed E-state index contributed by atoms with van der Waals surface area (Å²) in [6, 6.07) is 7.32. The van der Waals surface area contributed by atoms with E-state index in [4.69, 9.17) is 0 Å². The molecule has 8 heteroatoms. The SMILES string of the molecule is CCCN1CCN(CCCNC(=O)[C@H](CC)n2nc(C)c3sc4ccccc4c3c2=O)CC1. The lowest BCUT2D eigenvalue weighted by atomic mass is 10.1. The Balaban J connectivity index is 1.40. The average molecular weight is 470 g/mol. The van der Waals surface area contributed by atoms with Gasteiger partial charge in [-0.1, -0.05) is 32.0 Å². The first-order chi connectivity index (χ1) is 16.0. The van der Waals surface area contributed by atoms with E-state index in [1.807, 2.05) is 38.1 Å². The van der Waals surface area contributed by atoms with Gasteiger partial charge in [0.1, 0.15) is 6.04 Å². The summed E-state index contributed by atoms with van der Waals surface area (Å²) in [4.78, 5) is 31.4. The lowest BCUT2D eigenvalue weighted by Gasteiger charge is -2.34. The van der Waals surface area contributed by atoms with Crippen LogP contribution < -0.4 is 10.9 Å². The first kappa shape index (κ1) is 23.9. The molecule has 3 aromatic rings. The second-order valence-corrected chi connectivity index (χ2v) is 9.94. The van der Waals surface area contributed by atoms with Crippen LogP contribution in [0.5, 0.6) is 0 Å². The van der Waals surface area contributed by atoms with Gasteiger partial charge in [-0.15, -0.1) is 11.3 Å². The van der Waals surface area contributed by atoms with Gasteiger partial charge in [-0.05, 0) is 45.3 Å². The van der Waals surface area contributed by atoms with Crippen LogP contribution in [-0.4, -0.2) is 71.3 Å². The van der Waals surface area contributed by atoms with Crippen molar-refractivity contribution in [3.8, 4) is 0 Å². The summed E-state index contributed by atoms with van der Waals surface area (Å²) in [5.41, 5.74) is 0.610. The third-order valence-corrected chi connectivity index (χ3v) is 7.82. The van der Waals surface area contributed by atoms with Crippen molar-refractivity contribution in [1.29, 1.82) is 0 Å². The Labute approximate surface area is 199 Å². The van der Waals surface area contributed by atoms with E-state index < -0.39 is 6.04 Å². The summed E-state index contributed by atoms with van der Waals surface area (Å²) < 4.78 is 3.38. The van der Waals surface area contributed by atoms with Crippen molar-refractivity contribution in [1.82, 2.24) is 24.9 Å². The molecule has 0 bridgehead atoms. The summed E-state index contributed by atoms with van der Waals surface area (Å²) in [7, 11) is 0. The summed E-state index contributed by atoms with van der Waals surface area (Å²) >= 11 is 1.59. The first-order valence-electron chi connectivity index (χ1n) is 12.2. The molecular weight excluding hydrogens is 434 g/mol. The minimum absolute atomic E-state index is 0.127. The van der Waals surface area contributed by atoms with E-state index in [0.717, 1.165) is 59.6 Å². The minimum Gasteiger partial charge on any atom is -0.354 e. The smallest absolute Gasteiger partial charge is 0.276 e. The monoisotopic (exact) mass is 469 g/mol. The lowest BCUT2D eigenvalue weighted by molar-refractivity contribution is -0.124. The zero-order valence-corrected chi connectivity index (χ0v) is 20.8. The molecule has 1 aromatic carbocycles. The Morgan fingerprint density at radius 1 is 1.12 bits per heavy atom. The van der Waals surface area contributed by atoms with Crippen molar-refractivity contribution in [2.45, 2.75) is 46.1 Å². The van der Waals surface area contributed by atoms with Crippen molar-refractivity contribution in [2.75, 3.05) is 45.8 Å². The number of aromatic nitrogens is 2. The molecule has 0 aliphatic carbocycles. The van der Waals surface area contributed by atoms with Gasteiger partial charge in [-0.3, -0.25) is 9.59 Å². The molecule has 1 atom stereocenters. The molecule has 33 heavy (non-hydrogen) atoms. The van der Waals surface area contributed by atoms with Crippen LogP contribution in [0.3, 0.4) is 0 Å². The highest BCUT2D eigenvalue weighted by atomic mass is 32.1. The summed E-state index contributed by atoms with van der Waals surface area (Å²) in [5.74, 6) is -0.127. The van der Waals surface area contributed by atoms with Crippen molar-refractivity contribution >= 4 is 37.4 Å². The number of amides is 1. The highest BCUT2D eigenvalue weighted by Crippen LogP contribution is 2.33. The van der Waals surface area contributed by atoms with Gasteiger partial charge >= 0.3 is 0 Å². The zero-order chi connectivity index (χ0) is 23.4. The Morgan fingerprint density at radius 3 is 2.52 bits per heavy atom. The predicted molar refractivity (Wildman–Crippen MR) is 136 cm³/mol. The second kappa shape index (κ2) is 10.8. The molecule has 1 fully saturated rings. The average Bonchev–Trinajstić information content (AvgIpc) is 3.22. The van der Waals surface area contributed by atoms with E-state index in [9.17, 15) is 9.59 Å². The van der Waals surface area contributed by atoms with E-state index in [1.165, 1.54) is 17.6 Å². The molecule has 1 amide bonds. The molecule has 0 spiro atoms. The topological polar surface area (TPSA) is 70.5 Å². The molecule has 3 heterocycles. The Bertz CT molecular complexity index is 1160. The number of hydrogen-bond donors (Lipinski definition) is 1. The number of nitrogens with zero attached hydrogens (tertiary/aromatic N) is 4. The third-order valence-electron chi connectivity index (χ3n) is 6.54. The predicted octanol–water partition coefficient (Wildman–Crippen LogP) is 3.40. The van der Waals surface area contributed by atoms with Crippen LogP contribution in [-0.2, 0) is 4.79 Å². The van der Waals surface area contributed by atoms with Gasteiger partial charge < -0.3 is 15.1 Å². The van der Waals surface area contributed by atoms with Crippen LogP contribution in [0.2, 0.25) is 0 Å². The van der Waals surface area contributed by atoms with Gasteiger partial charge in [-0.2, -0.15) is 5.10 Å². The second-order valence-electron chi connectivity index (χ2n) is 8.89. The molecule has 0 radical (unpaired) electrons. The molecule has 1 aliphatic rings. The van der Waals surface area contributed by atoms with Gasteiger partial charge in [-0.25, -0.2) is 4.68 Å². The fraction of sp³-hybridized carbons (Fsp3) is 0.560. The van der Waals surface area contributed by atoms with E-state index in [0.29, 0.717) is 18.4 Å². The number of piperazine rings is 1. The Kier molecular flexibility index (Phi) is 7.78. The summed E-state index contributed by atoms with van der Waals surface area (Å²) in [6.07, 6.45) is 2.63. The number of fused-ring (bicyclic) bond motifs is 3. The molecule has 1 aliphatic heterocycles. The van der Waals surface area contributed by atoms with E-state index in [-0.39, 0.29) is 11.5 Å². The molecule has 0 saturated carbocycles. The summed E-state index contributed by atoms with van der Waals surface area (Å²) in [5, 5.41) is 9.22. The number of carbonyl (C=O) groups is 1. The zero-order valence-electron chi connectivity index (χ0n) is 20.0. The van der Waals surface area contributed by atoms with Crippen molar-refractivity contribution in [3.63, 3.8) is 0 Å². The highest BCUT2D eigenvalue weighted by molar-refractivity contribution is 7.26. The fourth-order valence-electron chi connectivity index (χ4n) is 4.74. The first-order valence-corrected chi connectivity index (χ1v) is 13.0. The quantitative estimate of drug-likeness (QED) is 0.487. The minimum atomic E-state index is -0.600. The molecule has 1 N–H and O–H groups in total. The number of nitrogens with one attached hydrogen (secondary N) is 1. The van der Waals surface area contributed by atoms with Crippen molar-refractivity contribution in [2.24, 2.45) is 0 Å². The number of rotatable bonds is 9. The number of hydrogen-bond acceptors (Lipinski definition) is 6. The number of benzene rings is 1. The van der Waals surface area contributed by atoms with Crippen LogP contribution in [0.4, 0.5) is 0 Å². The molecule has 4 rings (SSSR count). The lowest BCUT2D eigenvalue weighted by Crippen LogP contribution is -2.47. The number of aryl methyl sites for hydroxylation is 1. The Morgan fingerprint density at radius 2 is 1.82 bits per heavy atom. The van der Waals surface area contributed by atoms with E-state index in [1.54, 1.807) is 11.3 Å². The third kappa shape index (κ3) is 5.13.